The normalized spacial score (nSPS) is 18.0. The first-order valence-corrected chi connectivity index (χ1v) is 7.77. The van der Waals surface area contributed by atoms with Crippen LogP contribution in [0.3, 0.4) is 0 Å². The lowest BCUT2D eigenvalue weighted by molar-refractivity contribution is -0.380. The molecule has 0 radical (unpaired) electrons. The Hall–Kier alpha value is -2.32. The Labute approximate surface area is 135 Å². The number of nitrogens with zero attached hydrogens (tertiary/aromatic N) is 2. The summed E-state index contributed by atoms with van der Waals surface area (Å²) in [7, 11) is 0. The van der Waals surface area contributed by atoms with Crippen LogP contribution < -0.4 is 0 Å². The van der Waals surface area contributed by atoms with Gasteiger partial charge in [0.1, 0.15) is 11.9 Å². The Morgan fingerprint density at radius 1 is 1.30 bits per heavy atom. The van der Waals surface area contributed by atoms with E-state index in [2.05, 4.69) is 0 Å². The minimum Gasteiger partial charge on any atom is -0.370 e. The number of thiophene rings is 1. The molecule has 6 nitrogen and oxygen atoms in total. The number of morpholine rings is 1. The second-order valence-corrected chi connectivity index (χ2v) is 6.12. The molecule has 8 heteroatoms. The summed E-state index contributed by atoms with van der Waals surface area (Å²) in [6.45, 7) is 1.11. The summed E-state index contributed by atoms with van der Waals surface area (Å²) in [6.07, 6.45) is -0.330. The van der Waals surface area contributed by atoms with Crippen LogP contribution in [0, 0.1) is 15.9 Å². The van der Waals surface area contributed by atoms with Crippen LogP contribution in [-0.4, -0.2) is 35.4 Å². The van der Waals surface area contributed by atoms with Crippen LogP contribution >= 0.6 is 11.3 Å². The highest BCUT2D eigenvalue weighted by Crippen LogP contribution is 2.28. The predicted molar refractivity (Wildman–Crippen MR) is 82.0 cm³/mol. The summed E-state index contributed by atoms with van der Waals surface area (Å²) in [5, 5.41) is 10.7. The third-order valence-corrected chi connectivity index (χ3v) is 4.60. The van der Waals surface area contributed by atoms with Crippen molar-refractivity contribution in [2.24, 2.45) is 0 Å². The van der Waals surface area contributed by atoms with Gasteiger partial charge in [-0.15, -0.1) is 0 Å². The van der Waals surface area contributed by atoms with E-state index in [4.69, 9.17) is 4.74 Å². The largest absolute Gasteiger partial charge is 0.370 e. The van der Waals surface area contributed by atoms with Crippen LogP contribution in [0.2, 0.25) is 0 Å². The first-order chi connectivity index (χ1) is 11.0. The summed E-state index contributed by atoms with van der Waals surface area (Å²) in [4.78, 5) is 24.6. The summed E-state index contributed by atoms with van der Waals surface area (Å²) >= 11 is 0.861. The van der Waals surface area contributed by atoms with Crippen LogP contribution in [0.1, 0.15) is 21.3 Å². The van der Waals surface area contributed by atoms with Gasteiger partial charge in [0, 0.05) is 12.6 Å². The molecular weight excluding hydrogens is 323 g/mol. The monoisotopic (exact) mass is 336 g/mol. The Morgan fingerprint density at radius 3 is 2.70 bits per heavy atom. The fourth-order valence-corrected chi connectivity index (χ4v) is 3.20. The number of nitro groups is 1. The van der Waals surface area contributed by atoms with E-state index >= 15 is 0 Å². The van der Waals surface area contributed by atoms with E-state index in [1.165, 1.54) is 24.3 Å². The zero-order chi connectivity index (χ0) is 16.4. The Balaban J connectivity index is 1.73. The van der Waals surface area contributed by atoms with Crippen LogP contribution in [0.5, 0.6) is 0 Å². The van der Waals surface area contributed by atoms with Gasteiger partial charge < -0.3 is 9.64 Å². The molecule has 120 valence electrons. The maximum atomic E-state index is 13.0. The average Bonchev–Trinajstić information content (AvgIpc) is 3.05. The lowest BCUT2D eigenvalue weighted by Crippen LogP contribution is -2.42. The Morgan fingerprint density at radius 2 is 2.04 bits per heavy atom. The molecular formula is C15H13FN2O4S. The highest BCUT2D eigenvalue weighted by Gasteiger charge is 2.27. The zero-order valence-corrected chi connectivity index (χ0v) is 12.8. The van der Waals surface area contributed by atoms with Gasteiger partial charge in [-0.2, -0.15) is 0 Å². The average molecular weight is 336 g/mol. The predicted octanol–water partition coefficient (Wildman–Crippen LogP) is 3.01. The van der Waals surface area contributed by atoms with Gasteiger partial charge in [0.25, 0.3) is 5.91 Å². The third kappa shape index (κ3) is 3.38. The second-order valence-electron chi connectivity index (χ2n) is 5.06. The fraction of sp³-hybridized carbons (Fsp3) is 0.267. The second kappa shape index (κ2) is 6.43. The lowest BCUT2D eigenvalue weighted by atomic mass is 10.1. The van der Waals surface area contributed by atoms with Gasteiger partial charge in [0.05, 0.1) is 23.0 Å². The molecule has 0 bridgehead atoms. The van der Waals surface area contributed by atoms with Gasteiger partial charge in [-0.3, -0.25) is 14.9 Å². The molecule has 2 aromatic rings. The third-order valence-electron chi connectivity index (χ3n) is 3.58. The van der Waals surface area contributed by atoms with Crippen molar-refractivity contribution in [2.75, 3.05) is 19.7 Å². The highest BCUT2D eigenvalue weighted by molar-refractivity contribution is 7.17. The summed E-state index contributed by atoms with van der Waals surface area (Å²) in [5.41, 5.74) is 0.793. The standard InChI is InChI=1S/C15H13FN2O4S/c16-11-3-1-10(2-4-11)12-9-17(7-8-22-12)15(19)13-5-6-14(23-13)18(20)21/h1-6,12H,7-9H2. The van der Waals surface area contributed by atoms with E-state index in [1.807, 2.05) is 0 Å². The molecule has 1 fully saturated rings. The zero-order valence-electron chi connectivity index (χ0n) is 12.0. The first-order valence-electron chi connectivity index (χ1n) is 6.95. The van der Waals surface area contributed by atoms with Crippen molar-refractivity contribution in [2.45, 2.75) is 6.10 Å². The van der Waals surface area contributed by atoms with Gasteiger partial charge in [-0.1, -0.05) is 23.5 Å². The van der Waals surface area contributed by atoms with Crippen molar-refractivity contribution in [1.29, 1.82) is 0 Å². The van der Waals surface area contributed by atoms with Gasteiger partial charge in [0.2, 0.25) is 0 Å². The van der Waals surface area contributed by atoms with E-state index in [9.17, 15) is 19.3 Å². The molecule has 1 saturated heterocycles. The Bertz CT molecular complexity index is 731. The van der Waals surface area contributed by atoms with E-state index in [0.717, 1.165) is 16.9 Å². The molecule has 1 atom stereocenters. The SMILES string of the molecule is O=C(c1ccc([N+](=O)[O-])s1)N1CCOC(c2ccc(F)cc2)C1. The molecule has 1 aromatic carbocycles. The first kappa shape index (κ1) is 15.6. The number of carbonyl (C=O) groups excluding carboxylic acids is 1. The van der Waals surface area contributed by atoms with Gasteiger partial charge in [0.15, 0.2) is 0 Å². The van der Waals surface area contributed by atoms with Gasteiger partial charge in [-0.25, -0.2) is 4.39 Å². The molecule has 0 spiro atoms. The number of carbonyl (C=O) groups is 1. The van der Waals surface area contributed by atoms with Crippen molar-refractivity contribution in [3.63, 3.8) is 0 Å². The van der Waals surface area contributed by atoms with Crippen molar-refractivity contribution in [3.8, 4) is 0 Å². The van der Waals surface area contributed by atoms with Crippen molar-refractivity contribution < 1.29 is 18.8 Å². The fourth-order valence-electron chi connectivity index (χ4n) is 2.41. The number of hydrogen-bond acceptors (Lipinski definition) is 5. The molecule has 0 saturated carbocycles. The molecule has 1 aliphatic rings. The highest BCUT2D eigenvalue weighted by atomic mass is 32.1. The van der Waals surface area contributed by atoms with Crippen LogP contribution in [0.4, 0.5) is 9.39 Å². The van der Waals surface area contributed by atoms with E-state index in [0.29, 0.717) is 24.6 Å². The molecule has 23 heavy (non-hydrogen) atoms. The minimum absolute atomic E-state index is 0.0586. The summed E-state index contributed by atoms with van der Waals surface area (Å²) in [5.74, 6) is -0.582. The van der Waals surface area contributed by atoms with Crippen molar-refractivity contribution in [3.05, 3.63) is 62.8 Å². The molecule has 0 aliphatic carbocycles. The topological polar surface area (TPSA) is 72.7 Å². The molecule has 1 aliphatic heterocycles. The van der Waals surface area contributed by atoms with Gasteiger partial charge in [-0.05, 0) is 23.8 Å². The number of halogens is 1. The van der Waals surface area contributed by atoms with E-state index < -0.39 is 4.92 Å². The number of rotatable bonds is 3. The van der Waals surface area contributed by atoms with Crippen molar-refractivity contribution in [1.82, 2.24) is 4.90 Å². The molecule has 1 amide bonds. The molecule has 2 heterocycles. The smallest absolute Gasteiger partial charge is 0.324 e. The lowest BCUT2D eigenvalue weighted by Gasteiger charge is -2.33. The van der Waals surface area contributed by atoms with E-state index in [1.54, 1.807) is 17.0 Å². The number of amides is 1. The van der Waals surface area contributed by atoms with Crippen molar-refractivity contribution >= 4 is 22.2 Å². The summed E-state index contributed by atoms with van der Waals surface area (Å²) < 4.78 is 18.6. The Kier molecular flexibility index (Phi) is 4.35. The quantitative estimate of drug-likeness (QED) is 0.638. The van der Waals surface area contributed by atoms with Crippen LogP contribution in [-0.2, 0) is 4.74 Å². The molecule has 1 unspecified atom stereocenters. The van der Waals surface area contributed by atoms with Gasteiger partial charge >= 0.3 is 5.00 Å². The number of benzene rings is 1. The summed E-state index contributed by atoms with van der Waals surface area (Å²) in [6, 6.07) is 8.75. The van der Waals surface area contributed by atoms with E-state index in [-0.39, 0.29) is 22.8 Å². The molecule has 0 N–H and O–H groups in total. The maximum Gasteiger partial charge on any atom is 0.324 e. The molecule has 3 rings (SSSR count). The number of ether oxygens (including phenoxy) is 1. The van der Waals surface area contributed by atoms with Crippen LogP contribution in [0.25, 0.3) is 0 Å². The van der Waals surface area contributed by atoms with Crippen LogP contribution in [0.15, 0.2) is 36.4 Å². The maximum absolute atomic E-state index is 13.0. The minimum atomic E-state index is -0.512. The number of hydrogen-bond donors (Lipinski definition) is 0. The molecule has 1 aromatic heterocycles.